The second-order valence-electron chi connectivity index (χ2n) is 15.8. The lowest BCUT2D eigenvalue weighted by atomic mass is 10.1. The number of nitrogens with zero attached hydrogens (tertiary/aromatic N) is 7. The average Bonchev–Trinajstić information content (AvgIpc) is 3.34. The lowest BCUT2D eigenvalue weighted by molar-refractivity contribution is -0.432. The number of carbonyl (C=O) groups is 5. The Morgan fingerprint density at radius 3 is 1.47 bits per heavy atom. The molecule has 0 aliphatic heterocycles. The van der Waals surface area contributed by atoms with Crippen molar-refractivity contribution in [1.29, 1.82) is 0 Å². The maximum absolute atomic E-state index is 11.7. The van der Waals surface area contributed by atoms with Crippen LogP contribution < -0.4 is 25.4 Å². The van der Waals surface area contributed by atoms with E-state index >= 15 is 0 Å². The van der Waals surface area contributed by atoms with Crippen LogP contribution in [-0.2, 0) is 24.3 Å². The van der Waals surface area contributed by atoms with E-state index in [-0.39, 0.29) is 112 Å². The molecule has 0 spiro atoms. The van der Waals surface area contributed by atoms with Gasteiger partial charge in [-0.05, 0) is 99.2 Å². The lowest BCUT2D eigenvalue weighted by Gasteiger charge is -2.17. The molecule has 0 atom stereocenters. The summed E-state index contributed by atoms with van der Waals surface area (Å²) in [5.74, 6) is -6.74. The van der Waals surface area contributed by atoms with E-state index in [1.54, 1.807) is 26.0 Å². The summed E-state index contributed by atoms with van der Waals surface area (Å²) in [6, 6.07) is 12.5. The van der Waals surface area contributed by atoms with Gasteiger partial charge in [0.25, 0.3) is 10.1 Å². The number of aryl methyl sites for hydroxylation is 2. The molecule has 4 aromatic carbocycles. The van der Waals surface area contributed by atoms with Crippen LogP contribution in [0.1, 0.15) is 91.1 Å². The first-order valence-electron chi connectivity index (χ1n) is 22.1. The van der Waals surface area contributed by atoms with Crippen molar-refractivity contribution in [3.05, 3.63) is 94.0 Å². The van der Waals surface area contributed by atoms with Gasteiger partial charge in [0.1, 0.15) is 11.5 Å². The molecule has 398 valence electrons. The van der Waals surface area contributed by atoms with E-state index < -0.39 is 45.7 Å². The van der Waals surface area contributed by atoms with Gasteiger partial charge >= 0.3 is 29.8 Å². The number of hydrogen-bond donors (Lipinski definition) is 10. The third-order valence-corrected chi connectivity index (χ3v) is 11.4. The van der Waals surface area contributed by atoms with E-state index in [1.165, 1.54) is 12.1 Å². The molecule has 75 heavy (non-hydrogen) atoms. The third kappa shape index (κ3) is 18.9. The molecule has 0 unspecified atom stereocenters. The summed E-state index contributed by atoms with van der Waals surface area (Å²) in [4.78, 5) is 71.6. The molecule has 1 aromatic heterocycles. The molecular formula is C45H48N10O18S2. The van der Waals surface area contributed by atoms with Gasteiger partial charge in [0.15, 0.2) is 0 Å². The molecule has 0 aliphatic carbocycles. The van der Waals surface area contributed by atoms with Crippen molar-refractivity contribution in [2.24, 2.45) is 20.5 Å². The van der Waals surface area contributed by atoms with Gasteiger partial charge in [0, 0.05) is 42.9 Å². The highest BCUT2D eigenvalue weighted by Crippen LogP contribution is 2.38. The van der Waals surface area contributed by atoms with Gasteiger partial charge in [0.05, 0.1) is 75.3 Å². The molecule has 0 saturated carbocycles. The Labute approximate surface area is 429 Å². The van der Waals surface area contributed by atoms with Gasteiger partial charge in [-0.3, -0.25) is 9.35 Å². The zero-order valence-electron chi connectivity index (χ0n) is 39.6. The van der Waals surface area contributed by atoms with Crippen LogP contribution in [0.25, 0.3) is 0 Å². The molecule has 10 N–H and O–H groups in total. The minimum atomic E-state index is -4.36. The predicted molar refractivity (Wildman–Crippen MR) is 266 cm³/mol. The van der Waals surface area contributed by atoms with Crippen molar-refractivity contribution in [2.75, 3.05) is 47.2 Å². The van der Waals surface area contributed by atoms with Crippen LogP contribution in [0.2, 0.25) is 0 Å². The van der Waals surface area contributed by atoms with E-state index in [4.69, 9.17) is 19.8 Å². The van der Waals surface area contributed by atoms with Crippen LogP contribution in [-0.4, -0.2) is 120 Å². The summed E-state index contributed by atoms with van der Waals surface area (Å²) in [5.41, 5.74) is 0.266. The quantitative estimate of drug-likeness (QED) is 0.00493. The van der Waals surface area contributed by atoms with E-state index in [9.17, 15) is 57.4 Å². The van der Waals surface area contributed by atoms with Crippen LogP contribution in [0.3, 0.4) is 0 Å². The van der Waals surface area contributed by atoms with Gasteiger partial charge in [-0.25, -0.2) is 24.4 Å². The first-order valence-corrected chi connectivity index (χ1v) is 24.6. The molecule has 1 heterocycles. The Bertz CT molecular complexity index is 3020. The van der Waals surface area contributed by atoms with Crippen LogP contribution in [0.5, 0.6) is 11.5 Å². The molecule has 5 rings (SSSR count). The van der Waals surface area contributed by atoms with Crippen molar-refractivity contribution in [2.45, 2.75) is 52.4 Å². The first-order chi connectivity index (χ1) is 35.7. The highest BCUT2D eigenvalue weighted by Gasteiger charge is 2.18. The van der Waals surface area contributed by atoms with Crippen molar-refractivity contribution in [1.82, 2.24) is 15.0 Å². The molecule has 5 aromatic rings. The van der Waals surface area contributed by atoms with Crippen LogP contribution >= 0.6 is 12.0 Å². The minimum Gasteiger partial charge on any atom is -0.491 e. The van der Waals surface area contributed by atoms with Crippen molar-refractivity contribution < 1.29 is 86.6 Å². The number of aliphatic carboxylic acids is 1. The fourth-order valence-corrected chi connectivity index (χ4v) is 7.25. The number of aromatic carboxylic acids is 4. The number of anilines is 5. The average molecular weight is 1080 g/mol. The number of carboxylic acids is 5. The summed E-state index contributed by atoms with van der Waals surface area (Å²) in [7, 11) is -4.36. The Morgan fingerprint density at radius 2 is 1.04 bits per heavy atom. The zero-order valence-corrected chi connectivity index (χ0v) is 41.3. The largest absolute Gasteiger partial charge is 0.491 e. The second-order valence-corrected chi connectivity index (χ2v) is 18.1. The minimum absolute atomic E-state index is 0.0194. The van der Waals surface area contributed by atoms with E-state index in [0.717, 1.165) is 48.4 Å². The summed E-state index contributed by atoms with van der Waals surface area (Å²) in [5, 5.41) is 85.3. The fourth-order valence-electron chi connectivity index (χ4n) is 6.42. The number of aromatic nitrogens is 3. The first kappa shape index (κ1) is 57.5. The Kier molecular flexibility index (Phi) is 21.1. The molecule has 0 radical (unpaired) electrons. The molecule has 28 nitrogen and oxygen atoms in total. The SMILES string of the molecule is Cc1cc(Nc2nc(NCCCCCC(=O)O)nc(Nc3cc(C)c(N=Nc4cc(C(=O)O)cc(C(=O)O)c4)cc3OCCCS(=O)(=O)O)n2)c(OCCCSOOO)cc1N=Nc1cc(C(=O)O)cc(C(=O)O)c1. The van der Waals surface area contributed by atoms with E-state index in [1.807, 2.05) is 0 Å². The molecule has 0 bridgehead atoms. The van der Waals surface area contributed by atoms with E-state index in [2.05, 4.69) is 60.7 Å². The number of azo groups is 2. The van der Waals surface area contributed by atoms with Crippen LogP contribution in [0.4, 0.5) is 52.0 Å². The number of rotatable bonds is 31. The Balaban J connectivity index is 1.55. The predicted octanol–water partition coefficient (Wildman–Crippen LogP) is 9.15. The molecule has 0 aliphatic rings. The van der Waals surface area contributed by atoms with Gasteiger partial charge in [-0.15, -0.1) is 4.33 Å². The highest BCUT2D eigenvalue weighted by molar-refractivity contribution is 7.94. The van der Waals surface area contributed by atoms with Gasteiger partial charge in [0.2, 0.25) is 17.8 Å². The standard InChI is InChI=1S/C45H48N10O18S2/c1-24-14-34(36(70-10-6-12-74-73-72-66)22-32(24)54-52-30-18-26(39(58)59)16-27(19-30)40(60)61)47-44-49-43(46-9-5-3-4-8-38(56)57)50-45(51-44)48-35-15-25(2)33(23-37(35)71-11-7-13-75(67,68)69)55-53-31-20-28(41(62)63)17-29(21-31)42(64)65/h14-23,66H,3-13H2,1-2H3,(H,56,57)(H,58,59)(H,60,61)(H,62,63)(H,64,65)(H,67,68,69)(H3,46,47,48,49,50,51). The summed E-state index contributed by atoms with van der Waals surface area (Å²) in [6.45, 7) is 3.43. The van der Waals surface area contributed by atoms with Gasteiger partial charge in [-0.2, -0.15) is 43.8 Å². The molecule has 0 saturated heterocycles. The topological polar surface area (TPSA) is 422 Å². The molecule has 0 fully saturated rings. The monoisotopic (exact) mass is 1080 g/mol. The summed E-state index contributed by atoms with van der Waals surface area (Å²) >= 11 is 0.801. The highest BCUT2D eigenvalue weighted by atomic mass is 32.2. The van der Waals surface area contributed by atoms with Crippen molar-refractivity contribution >= 4 is 104 Å². The molecular weight excluding hydrogens is 1030 g/mol. The number of carboxylic acid groups (broad SMARTS) is 5. The van der Waals surface area contributed by atoms with Crippen LogP contribution in [0.15, 0.2) is 81.1 Å². The Morgan fingerprint density at radius 1 is 0.587 bits per heavy atom. The molecule has 0 amide bonds. The zero-order chi connectivity index (χ0) is 54.7. The number of ether oxygens (including phenoxy) is 2. The number of unbranched alkanes of at least 4 members (excludes halogenated alkanes) is 2. The third-order valence-electron chi connectivity index (χ3n) is 9.96. The van der Waals surface area contributed by atoms with Gasteiger partial charge in [-0.1, -0.05) is 11.5 Å². The summed E-state index contributed by atoms with van der Waals surface area (Å²) in [6.07, 6.45) is 1.70. The number of hydrogen-bond acceptors (Lipinski definition) is 23. The molecule has 30 heteroatoms. The van der Waals surface area contributed by atoms with E-state index in [0.29, 0.717) is 49.1 Å². The van der Waals surface area contributed by atoms with Crippen molar-refractivity contribution in [3.8, 4) is 11.5 Å². The normalized spacial score (nSPS) is 11.4. The second kappa shape index (κ2) is 27.6. The van der Waals surface area contributed by atoms with Gasteiger partial charge < -0.3 is 51.0 Å². The Hall–Kier alpha value is -8.42. The summed E-state index contributed by atoms with van der Waals surface area (Å²) < 4.78 is 48.9. The lowest BCUT2D eigenvalue weighted by Crippen LogP contribution is -2.12. The van der Waals surface area contributed by atoms with Crippen LogP contribution in [0, 0.1) is 13.8 Å². The maximum Gasteiger partial charge on any atom is 0.335 e. The number of benzene rings is 4. The smallest absolute Gasteiger partial charge is 0.335 e. The van der Waals surface area contributed by atoms with Crippen molar-refractivity contribution in [3.63, 3.8) is 0 Å². The number of nitrogens with one attached hydrogen (secondary N) is 3. The fraction of sp³-hybridized carbons (Fsp3) is 0.289. The maximum atomic E-state index is 11.7.